The zero-order valence-corrected chi connectivity index (χ0v) is 23.2. The number of anilines is 2. The van der Waals surface area contributed by atoms with Crippen molar-refractivity contribution in [1.29, 1.82) is 5.26 Å². The van der Waals surface area contributed by atoms with E-state index in [1.807, 2.05) is 6.07 Å². The number of hydrogen-bond donors (Lipinski definition) is 4. The van der Waals surface area contributed by atoms with Crippen LogP contribution in [-0.4, -0.2) is 36.8 Å². The molecule has 210 valence electrons. The van der Waals surface area contributed by atoms with E-state index in [2.05, 4.69) is 20.5 Å². The molecule has 13 nitrogen and oxygen atoms in total. The van der Waals surface area contributed by atoms with Crippen LogP contribution in [-0.2, 0) is 31.7 Å². The summed E-state index contributed by atoms with van der Waals surface area (Å²) >= 11 is 1.10. The van der Waals surface area contributed by atoms with Gasteiger partial charge in [-0.1, -0.05) is 41.7 Å². The SMILES string of the molecule is N#Cc1ccccc1N=Nc1sc(N)nc1-c1ccc(NC(=O)c2cc(CS(=O)(=O)O)cc(CS(=O)(=O)O)c2)cc1. The fourth-order valence-corrected chi connectivity index (χ4v) is 5.59. The van der Waals surface area contributed by atoms with E-state index in [4.69, 9.17) is 5.73 Å². The van der Waals surface area contributed by atoms with Gasteiger partial charge in [-0.2, -0.15) is 22.1 Å². The Labute approximate surface area is 238 Å². The molecular formula is C25H20N6O7S3. The predicted octanol–water partition coefficient (Wildman–Crippen LogP) is 4.71. The minimum absolute atomic E-state index is 0.0469. The third kappa shape index (κ3) is 8.23. The molecule has 0 unspecified atom stereocenters. The van der Waals surface area contributed by atoms with Crippen molar-refractivity contribution in [3.63, 3.8) is 0 Å². The van der Waals surface area contributed by atoms with Gasteiger partial charge in [-0.25, -0.2) is 4.98 Å². The second-order valence-corrected chi connectivity index (χ2v) is 12.5. The summed E-state index contributed by atoms with van der Waals surface area (Å²) in [5.74, 6) is -2.42. The van der Waals surface area contributed by atoms with Crippen LogP contribution in [0.4, 0.5) is 21.5 Å². The first-order chi connectivity index (χ1) is 19.3. The Morgan fingerprint density at radius 1 is 0.951 bits per heavy atom. The summed E-state index contributed by atoms with van der Waals surface area (Å²) in [4.78, 5) is 17.2. The maximum atomic E-state index is 12.9. The first-order valence-electron chi connectivity index (χ1n) is 11.4. The van der Waals surface area contributed by atoms with Crippen LogP contribution in [0.3, 0.4) is 0 Å². The topological polar surface area (TPSA) is 225 Å². The zero-order valence-electron chi connectivity index (χ0n) is 20.8. The van der Waals surface area contributed by atoms with Crippen LogP contribution in [0.25, 0.3) is 11.3 Å². The van der Waals surface area contributed by atoms with Crippen LogP contribution in [0, 0.1) is 11.3 Å². The summed E-state index contributed by atoms with van der Waals surface area (Å²) in [5.41, 5.74) is 7.80. The van der Waals surface area contributed by atoms with E-state index in [9.17, 15) is 36.0 Å². The fourth-order valence-electron chi connectivity index (χ4n) is 3.73. The molecule has 0 bridgehead atoms. The number of nitrogens with two attached hydrogens (primary N) is 1. The Morgan fingerprint density at radius 2 is 1.56 bits per heavy atom. The molecule has 0 aliphatic heterocycles. The van der Waals surface area contributed by atoms with E-state index in [0.29, 0.717) is 33.2 Å². The number of thiazole rings is 1. The van der Waals surface area contributed by atoms with Crippen molar-refractivity contribution in [2.24, 2.45) is 10.2 Å². The van der Waals surface area contributed by atoms with Gasteiger partial charge in [0.25, 0.3) is 26.1 Å². The number of benzene rings is 3. The predicted molar refractivity (Wildman–Crippen MR) is 152 cm³/mol. The molecule has 16 heteroatoms. The molecule has 1 amide bonds. The minimum Gasteiger partial charge on any atom is -0.375 e. The highest BCUT2D eigenvalue weighted by Gasteiger charge is 2.17. The van der Waals surface area contributed by atoms with Gasteiger partial charge in [0.2, 0.25) is 0 Å². The number of nitrogens with zero attached hydrogens (tertiary/aromatic N) is 4. The van der Waals surface area contributed by atoms with Crippen molar-refractivity contribution < 1.29 is 30.7 Å². The van der Waals surface area contributed by atoms with Crippen molar-refractivity contribution in [2.75, 3.05) is 11.1 Å². The van der Waals surface area contributed by atoms with Crippen LogP contribution in [0.2, 0.25) is 0 Å². The molecule has 0 saturated heterocycles. The Kier molecular flexibility index (Phi) is 8.56. The van der Waals surface area contributed by atoms with Crippen molar-refractivity contribution >= 4 is 59.0 Å². The molecule has 0 aliphatic rings. The highest BCUT2D eigenvalue weighted by Crippen LogP contribution is 2.38. The van der Waals surface area contributed by atoms with Crippen molar-refractivity contribution in [3.05, 3.63) is 89.0 Å². The first-order valence-corrected chi connectivity index (χ1v) is 15.5. The first kappa shape index (κ1) is 29.5. The van der Waals surface area contributed by atoms with Gasteiger partial charge in [-0.3, -0.25) is 13.9 Å². The average molecular weight is 613 g/mol. The number of carbonyl (C=O) groups excluding carboxylic acids is 1. The Bertz CT molecular complexity index is 1860. The lowest BCUT2D eigenvalue weighted by Crippen LogP contribution is -2.14. The maximum Gasteiger partial charge on any atom is 0.269 e. The Hall–Kier alpha value is -4.53. The quantitative estimate of drug-likeness (QED) is 0.150. The second-order valence-electron chi connectivity index (χ2n) is 8.56. The summed E-state index contributed by atoms with van der Waals surface area (Å²) in [6.45, 7) is 0. The highest BCUT2D eigenvalue weighted by molar-refractivity contribution is 7.85. The zero-order chi connectivity index (χ0) is 29.8. The maximum absolute atomic E-state index is 12.9. The molecule has 1 heterocycles. The molecule has 0 aliphatic carbocycles. The lowest BCUT2D eigenvalue weighted by atomic mass is 10.1. The smallest absolute Gasteiger partial charge is 0.269 e. The summed E-state index contributed by atoms with van der Waals surface area (Å²) in [6.07, 6.45) is 0. The minimum atomic E-state index is -4.48. The standard InChI is InChI=1S/C25H20N6O7S3/c26-12-18-3-1-2-4-21(18)30-31-24-22(29-25(27)39-24)17-5-7-20(8-6-17)28-23(32)19-10-15(13-40(33,34)35)9-16(11-19)14-41(36,37)38/h1-11H,13-14H2,(H2,27,29)(H,28,32)(H,33,34,35)(H,36,37,38). The third-order valence-corrected chi connectivity index (χ3v) is 7.49. The summed E-state index contributed by atoms with van der Waals surface area (Å²) in [5, 5.41) is 20.9. The average Bonchev–Trinajstić information content (AvgIpc) is 3.26. The van der Waals surface area contributed by atoms with E-state index in [1.165, 1.54) is 12.1 Å². The number of hydrogen-bond acceptors (Lipinski definition) is 11. The van der Waals surface area contributed by atoms with E-state index in [1.54, 1.807) is 48.5 Å². The number of nitrogen functional groups attached to an aromatic ring is 1. The number of nitriles is 1. The molecule has 0 radical (unpaired) electrons. The summed E-state index contributed by atoms with van der Waals surface area (Å²) in [6, 6.07) is 18.7. The number of rotatable bonds is 9. The molecule has 5 N–H and O–H groups in total. The van der Waals surface area contributed by atoms with Gasteiger partial charge in [0.15, 0.2) is 10.1 Å². The monoisotopic (exact) mass is 612 g/mol. The van der Waals surface area contributed by atoms with Crippen molar-refractivity contribution in [2.45, 2.75) is 11.5 Å². The molecule has 0 saturated carbocycles. The largest absolute Gasteiger partial charge is 0.375 e. The van der Waals surface area contributed by atoms with Crippen LogP contribution >= 0.6 is 11.3 Å². The van der Waals surface area contributed by atoms with Crippen molar-refractivity contribution in [1.82, 2.24) is 4.98 Å². The van der Waals surface area contributed by atoms with Crippen LogP contribution in [0.15, 0.2) is 77.0 Å². The summed E-state index contributed by atoms with van der Waals surface area (Å²) in [7, 11) is -8.96. The van der Waals surface area contributed by atoms with E-state index in [0.717, 1.165) is 17.4 Å². The number of amides is 1. The number of nitrogens with one attached hydrogen (secondary N) is 1. The van der Waals surface area contributed by atoms with Crippen LogP contribution in [0.5, 0.6) is 0 Å². The van der Waals surface area contributed by atoms with Crippen LogP contribution < -0.4 is 11.1 Å². The van der Waals surface area contributed by atoms with Crippen LogP contribution in [0.1, 0.15) is 27.0 Å². The molecule has 3 aromatic carbocycles. The highest BCUT2D eigenvalue weighted by atomic mass is 32.2. The molecule has 0 fully saturated rings. The van der Waals surface area contributed by atoms with Gasteiger partial charge in [-0.15, -0.1) is 10.2 Å². The number of aromatic nitrogens is 1. The van der Waals surface area contributed by atoms with Gasteiger partial charge >= 0.3 is 0 Å². The fraction of sp³-hybridized carbons (Fsp3) is 0.0800. The van der Waals surface area contributed by atoms with Gasteiger partial charge in [-0.05, 0) is 47.5 Å². The molecule has 0 atom stereocenters. The van der Waals surface area contributed by atoms with Gasteiger partial charge in [0, 0.05) is 16.8 Å². The van der Waals surface area contributed by atoms with E-state index < -0.39 is 37.6 Å². The van der Waals surface area contributed by atoms with E-state index in [-0.39, 0.29) is 21.8 Å². The Balaban J connectivity index is 1.57. The van der Waals surface area contributed by atoms with Crippen molar-refractivity contribution in [3.8, 4) is 17.3 Å². The number of carbonyl (C=O) groups is 1. The second kappa shape index (κ2) is 11.9. The molecule has 4 aromatic rings. The molecule has 1 aromatic heterocycles. The normalized spacial score (nSPS) is 11.8. The third-order valence-electron chi connectivity index (χ3n) is 5.33. The Morgan fingerprint density at radius 3 is 2.15 bits per heavy atom. The molecular weight excluding hydrogens is 593 g/mol. The summed E-state index contributed by atoms with van der Waals surface area (Å²) < 4.78 is 63.7. The lowest BCUT2D eigenvalue weighted by Gasteiger charge is -2.10. The molecule has 4 rings (SSSR count). The van der Waals surface area contributed by atoms with Gasteiger partial charge in [0.1, 0.15) is 29.0 Å². The van der Waals surface area contributed by atoms with Gasteiger partial charge in [0.05, 0.1) is 5.56 Å². The number of azo groups is 1. The van der Waals surface area contributed by atoms with E-state index >= 15 is 0 Å². The molecule has 41 heavy (non-hydrogen) atoms. The lowest BCUT2D eigenvalue weighted by molar-refractivity contribution is 0.102. The molecule has 0 spiro atoms. The van der Waals surface area contributed by atoms with Gasteiger partial charge < -0.3 is 11.1 Å².